The SMILES string of the molecule is CC(=O)N(Cc1ccccc1)[C@@H](C)C(=O)NCCC1=CCCCC1. The maximum atomic E-state index is 12.4. The summed E-state index contributed by atoms with van der Waals surface area (Å²) in [6.07, 6.45) is 8.06. The van der Waals surface area contributed by atoms with Crippen LogP contribution in [0, 0.1) is 0 Å². The van der Waals surface area contributed by atoms with Crippen molar-refractivity contribution in [3.05, 3.63) is 47.5 Å². The van der Waals surface area contributed by atoms with Gasteiger partial charge in [-0.2, -0.15) is 0 Å². The topological polar surface area (TPSA) is 49.4 Å². The van der Waals surface area contributed by atoms with Gasteiger partial charge in [0.1, 0.15) is 6.04 Å². The highest BCUT2D eigenvalue weighted by molar-refractivity contribution is 5.86. The van der Waals surface area contributed by atoms with E-state index >= 15 is 0 Å². The van der Waals surface area contributed by atoms with Gasteiger partial charge >= 0.3 is 0 Å². The fraction of sp³-hybridized carbons (Fsp3) is 0.500. The summed E-state index contributed by atoms with van der Waals surface area (Å²) in [6.45, 7) is 4.40. The summed E-state index contributed by atoms with van der Waals surface area (Å²) in [5.41, 5.74) is 2.47. The third-order valence-corrected chi connectivity index (χ3v) is 4.58. The van der Waals surface area contributed by atoms with Crippen molar-refractivity contribution in [1.29, 1.82) is 0 Å². The highest BCUT2D eigenvalue weighted by atomic mass is 16.2. The molecule has 1 N–H and O–H groups in total. The number of hydrogen-bond acceptors (Lipinski definition) is 2. The standard InChI is InChI=1S/C20H28N2O2/c1-16(20(24)21-14-13-18-9-5-3-6-10-18)22(17(2)23)15-19-11-7-4-8-12-19/h4,7-9,11-12,16H,3,5-6,10,13-15H2,1-2H3,(H,21,24)/t16-/m0/s1. The Bertz CT molecular complexity index is 581. The normalized spacial score (nSPS) is 15.3. The van der Waals surface area contributed by atoms with E-state index in [1.807, 2.05) is 30.3 Å². The lowest BCUT2D eigenvalue weighted by molar-refractivity contribution is -0.138. The van der Waals surface area contributed by atoms with Crippen molar-refractivity contribution < 1.29 is 9.59 Å². The van der Waals surface area contributed by atoms with Gasteiger partial charge in [0.05, 0.1) is 0 Å². The van der Waals surface area contributed by atoms with Crippen molar-refractivity contribution in [3.8, 4) is 0 Å². The largest absolute Gasteiger partial charge is 0.354 e. The molecule has 0 aliphatic heterocycles. The van der Waals surface area contributed by atoms with Gasteiger partial charge in [-0.05, 0) is 44.6 Å². The van der Waals surface area contributed by atoms with Gasteiger partial charge in [-0.3, -0.25) is 9.59 Å². The van der Waals surface area contributed by atoms with E-state index in [1.165, 1.54) is 25.3 Å². The number of benzene rings is 1. The molecule has 0 fully saturated rings. The number of amides is 2. The van der Waals surface area contributed by atoms with Crippen LogP contribution < -0.4 is 5.32 Å². The summed E-state index contributed by atoms with van der Waals surface area (Å²) in [6, 6.07) is 9.29. The summed E-state index contributed by atoms with van der Waals surface area (Å²) in [5.74, 6) is -0.172. The minimum atomic E-state index is -0.469. The molecular weight excluding hydrogens is 300 g/mol. The molecule has 0 bridgehead atoms. The van der Waals surface area contributed by atoms with Crippen molar-refractivity contribution in [2.75, 3.05) is 6.54 Å². The number of rotatable bonds is 7. The average Bonchev–Trinajstić information content (AvgIpc) is 2.60. The predicted molar refractivity (Wildman–Crippen MR) is 96.3 cm³/mol. The van der Waals surface area contributed by atoms with Crippen LogP contribution in [0.5, 0.6) is 0 Å². The van der Waals surface area contributed by atoms with Gasteiger partial charge in [0.25, 0.3) is 0 Å². The lowest BCUT2D eigenvalue weighted by Gasteiger charge is -2.27. The molecule has 2 rings (SSSR count). The van der Waals surface area contributed by atoms with Crippen molar-refractivity contribution in [2.45, 2.75) is 58.5 Å². The lowest BCUT2D eigenvalue weighted by Crippen LogP contribution is -2.47. The van der Waals surface area contributed by atoms with Crippen LogP contribution in [0.1, 0.15) is 51.5 Å². The molecule has 4 heteroatoms. The van der Waals surface area contributed by atoms with E-state index in [0.717, 1.165) is 24.8 Å². The van der Waals surface area contributed by atoms with Crippen LogP contribution in [0.4, 0.5) is 0 Å². The number of nitrogens with zero attached hydrogens (tertiary/aromatic N) is 1. The maximum Gasteiger partial charge on any atom is 0.242 e. The molecular formula is C20H28N2O2. The van der Waals surface area contributed by atoms with Crippen molar-refractivity contribution in [2.24, 2.45) is 0 Å². The molecule has 0 radical (unpaired) electrons. The van der Waals surface area contributed by atoms with Gasteiger partial charge in [0, 0.05) is 20.0 Å². The highest BCUT2D eigenvalue weighted by Crippen LogP contribution is 2.19. The first-order valence-corrected chi connectivity index (χ1v) is 8.84. The Morgan fingerprint density at radius 1 is 1.21 bits per heavy atom. The maximum absolute atomic E-state index is 12.4. The molecule has 0 aromatic heterocycles. The molecule has 1 aliphatic rings. The Labute approximate surface area is 144 Å². The first-order valence-electron chi connectivity index (χ1n) is 8.84. The molecule has 130 valence electrons. The van der Waals surface area contributed by atoms with Crippen molar-refractivity contribution >= 4 is 11.8 Å². The molecule has 0 heterocycles. The number of carbonyl (C=O) groups is 2. The molecule has 1 aromatic carbocycles. The lowest BCUT2D eigenvalue weighted by atomic mass is 9.97. The third kappa shape index (κ3) is 5.52. The first-order chi connectivity index (χ1) is 11.6. The highest BCUT2D eigenvalue weighted by Gasteiger charge is 2.23. The van der Waals surface area contributed by atoms with Crippen LogP contribution in [-0.2, 0) is 16.1 Å². The fourth-order valence-electron chi connectivity index (χ4n) is 3.07. The Morgan fingerprint density at radius 2 is 1.96 bits per heavy atom. The second-order valence-corrected chi connectivity index (χ2v) is 6.46. The summed E-state index contributed by atoms with van der Waals surface area (Å²) >= 11 is 0. The van der Waals surface area contributed by atoms with Crippen LogP contribution in [0.15, 0.2) is 42.0 Å². The summed E-state index contributed by atoms with van der Waals surface area (Å²) in [5, 5.41) is 2.98. The molecule has 4 nitrogen and oxygen atoms in total. The summed E-state index contributed by atoms with van der Waals surface area (Å²) < 4.78 is 0. The van der Waals surface area contributed by atoms with E-state index in [-0.39, 0.29) is 11.8 Å². The molecule has 0 unspecified atom stereocenters. The van der Waals surface area contributed by atoms with Crippen molar-refractivity contribution in [1.82, 2.24) is 10.2 Å². The molecule has 1 aromatic rings. The second-order valence-electron chi connectivity index (χ2n) is 6.46. The van der Waals surface area contributed by atoms with Gasteiger partial charge < -0.3 is 10.2 Å². The van der Waals surface area contributed by atoms with Gasteiger partial charge in [0.2, 0.25) is 11.8 Å². The smallest absolute Gasteiger partial charge is 0.242 e. The van der Waals surface area contributed by atoms with Gasteiger partial charge in [-0.25, -0.2) is 0 Å². The van der Waals surface area contributed by atoms with E-state index in [9.17, 15) is 9.59 Å². The van der Waals surface area contributed by atoms with Gasteiger partial charge in [0.15, 0.2) is 0 Å². The molecule has 2 amide bonds. The fourth-order valence-corrected chi connectivity index (χ4v) is 3.07. The third-order valence-electron chi connectivity index (χ3n) is 4.58. The first kappa shape index (κ1) is 18.2. The zero-order chi connectivity index (χ0) is 17.4. The number of allylic oxidation sites excluding steroid dienone is 1. The van der Waals surface area contributed by atoms with Crippen LogP contribution >= 0.6 is 0 Å². The quantitative estimate of drug-likeness (QED) is 0.780. The summed E-state index contributed by atoms with van der Waals surface area (Å²) in [7, 11) is 0. The van der Waals surface area contributed by atoms with Crippen LogP contribution in [-0.4, -0.2) is 29.3 Å². The predicted octanol–water partition coefficient (Wildman–Crippen LogP) is 3.43. The van der Waals surface area contributed by atoms with Crippen molar-refractivity contribution in [3.63, 3.8) is 0 Å². The molecule has 1 atom stereocenters. The van der Waals surface area contributed by atoms with Gasteiger partial charge in [-0.1, -0.05) is 42.0 Å². The Hall–Kier alpha value is -2.10. The monoisotopic (exact) mass is 328 g/mol. The number of hydrogen-bond donors (Lipinski definition) is 1. The number of carbonyl (C=O) groups excluding carboxylic acids is 2. The van der Waals surface area contributed by atoms with E-state index in [0.29, 0.717) is 13.1 Å². The van der Waals surface area contributed by atoms with Crippen LogP contribution in [0.2, 0.25) is 0 Å². The van der Waals surface area contributed by atoms with E-state index in [4.69, 9.17) is 0 Å². The van der Waals surface area contributed by atoms with Gasteiger partial charge in [-0.15, -0.1) is 0 Å². The molecule has 0 saturated carbocycles. The zero-order valence-electron chi connectivity index (χ0n) is 14.8. The molecule has 24 heavy (non-hydrogen) atoms. The molecule has 0 saturated heterocycles. The average molecular weight is 328 g/mol. The van der Waals surface area contributed by atoms with E-state index < -0.39 is 6.04 Å². The Morgan fingerprint density at radius 3 is 2.58 bits per heavy atom. The summed E-state index contributed by atoms with van der Waals surface area (Å²) in [4.78, 5) is 26.0. The Balaban J connectivity index is 1.86. The molecule has 0 spiro atoms. The minimum absolute atomic E-state index is 0.0856. The van der Waals surface area contributed by atoms with E-state index in [1.54, 1.807) is 11.8 Å². The van der Waals surface area contributed by atoms with E-state index in [2.05, 4.69) is 11.4 Å². The minimum Gasteiger partial charge on any atom is -0.354 e. The zero-order valence-corrected chi connectivity index (χ0v) is 14.8. The Kier molecular flexibility index (Phi) is 7.04. The second kappa shape index (κ2) is 9.26. The number of nitrogens with one attached hydrogen (secondary N) is 1. The van der Waals surface area contributed by atoms with Crippen LogP contribution in [0.3, 0.4) is 0 Å². The molecule has 1 aliphatic carbocycles. The van der Waals surface area contributed by atoms with Crippen LogP contribution in [0.25, 0.3) is 0 Å².